The van der Waals surface area contributed by atoms with Gasteiger partial charge in [-0.05, 0) is 13.3 Å². The fourth-order valence-electron chi connectivity index (χ4n) is 0.915. The van der Waals surface area contributed by atoms with E-state index in [9.17, 15) is 9.59 Å². The lowest BCUT2D eigenvalue weighted by molar-refractivity contribution is -0.145. The Kier molecular flexibility index (Phi) is 7.33. The molecule has 1 unspecified atom stereocenters. The van der Waals surface area contributed by atoms with Gasteiger partial charge in [-0.1, -0.05) is 12.0 Å². The summed E-state index contributed by atoms with van der Waals surface area (Å²) >= 11 is 0. The first-order valence-corrected chi connectivity index (χ1v) is 4.80. The number of terminal acetylenes is 1. The Morgan fingerprint density at radius 1 is 1.56 bits per heavy atom. The number of hydrogen-bond donors (Lipinski definition) is 1. The summed E-state index contributed by atoms with van der Waals surface area (Å²) in [5.74, 6) is 1.61. The fraction of sp³-hybridized carbons (Fsp3) is 0.455. The molecule has 88 valence electrons. The molecule has 0 spiro atoms. The Morgan fingerprint density at radius 3 is 2.75 bits per heavy atom. The first kappa shape index (κ1) is 14.0. The minimum Gasteiger partial charge on any atom is -0.464 e. The van der Waals surface area contributed by atoms with E-state index in [-0.39, 0.29) is 19.6 Å². The van der Waals surface area contributed by atoms with Crippen molar-refractivity contribution in [3.63, 3.8) is 0 Å². The lowest BCUT2D eigenvalue weighted by atomic mass is 10.2. The monoisotopic (exact) mass is 225 g/mol. The van der Waals surface area contributed by atoms with Crippen molar-refractivity contribution in [1.29, 1.82) is 0 Å². The summed E-state index contributed by atoms with van der Waals surface area (Å²) in [6.45, 7) is 5.26. The quantitative estimate of drug-likeness (QED) is 0.413. The van der Waals surface area contributed by atoms with Crippen molar-refractivity contribution < 1.29 is 19.1 Å². The van der Waals surface area contributed by atoms with Gasteiger partial charge in [-0.25, -0.2) is 9.59 Å². The Hall–Kier alpha value is -1.96. The molecule has 0 aromatic rings. The molecule has 0 rings (SSSR count). The highest BCUT2D eigenvalue weighted by Gasteiger charge is 2.20. The number of carbonyl (C=O) groups excluding carboxylic acids is 2. The molecule has 1 atom stereocenters. The molecule has 5 nitrogen and oxygen atoms in total. The number of alkyl carbamates (subject to hydrolysis) is 1. The standard InChI is InChI=1S/C11H15NO4/c1-4-7-9(10(13)15-6-3)12-11(14)16-8-5-2/h2,4,9H,1,6-8H2,3H3,(H,12,14). The van der Waals surface area contributed by atoms with E-state index >= 15 is 0 Å². The molecule has 0 aliphatic rings. The van der Waals surface area contributed by atoms with E-state index in [1.807, 2.05) is 0 Å². The highest BCUT2D eigenvalue weighted by atomic mass is 16.6. The molecule has 0 saturated heterocycles. The normalized spacial score (nSPS) is 10.8. The SMILES string of the molecule is C#CCOC(=O)NC(CC=C)C(=O)OCC. The van der Waals surface area contributed by atoms with Gasteiger partial charge in [0.05, 0.1) is 6.61 Å². The second-order valence-corrected chi connectivity index (χ2v) is 2.75. The van der Waals surface area contributed by atoms with E-state index < -0.39 is 18.1 Å². The zero-order valence-electron chi connectivity index (χ0n) is 9.19. The highest BCUT2D eigenvalue weighted by molar-refractivity contribution is 5.81. The molecule has 0 aromatic carbocycles. The van der Waals surface area contributed by atoms with Crippen molar-refractivity contribution in [2.24, 2.45) is 0 Å². The van der Waals surface area contributed by atoms with Crippen molar-refractivity contribution in [1.82, 2.24) is 5.32 Å². The molecule has 1 N–H and O–H groups in total. The van der Waals surface area contributed by atoms with Crippen LogP contribution in [0.3, 0.4) is 0 Å². The van der Waals surface area contributed by atoms with Gasteiger partial charge < -0.3 is 14.8 Å². The third kappa shape index (κ3) is 5.70. The third-order valence-corrected chi connectivity index (χ3v) is 1.55. The van der Waals surface area contributed by atoms with Gasteiger partial charge >= 0.3 is 12.1 Å². The number of hydrogen-bond acceptors (Lipinski definition) is 4. The number of carbonyl (C=O) groups is 2. The maximum atomic E-state index is 11.4. The van der Waals surface area contributed by atoms with Crippen molar-refractivity contribution in [3.05, 3.63) is 12.7 Å². The van der Waals surface area contributed by atoms with Gasteiger partial charge in [-0.15, -0.1) is 13.0 Å². The van der Waals surface area contributed by atoms with Gasteiger partial charge in [0.15, 0.2) is 6.61 Å². The summed E-state index contributed by atoms with van der Waals surface area (Å²) < 4.78 is 9.33. The second-order valence-electron chi connectivity index (χ2n) is 2.75. The van der Waals surface area contributed by atoms with Gasteiger partial charge in [0.2, 0.25) is 0 Å². The minimum atomic E-state index is -0.789. The summed E-state index contributed by atoms with van der Waals surface area (Å²) in [6, 6.07) is -0.789. The first-order valence-electron chi connectivity index (χ1n) is 4.80. The van der Waals surface area contributed by atoms with Crippen LogP contribution >= 0.6 is 0 Å². The van der Waals surface area contributed by atoms with Crippen LogP contribution in [0.4, 0.5) is 4.79 Å². The predicted octanol–water partition coefficient (Wildman–Crippen LogP) is 0.854. The van der Waals surface area contributed by atoms with Crippen LogP contribution in [0.1, 0.15) is 13.3 Å². The number of rotatable bonds is 6. The molecule has 0 heterocycles. The maximum Gasteiger partial charge on any atom is 0.408 e. The highest BCUT2D eigenvalue weighted by Crippen LogP contribution is 1.97. The number of ether oxygens (including phenoxy) is 2. The number of nitrogens with one attached hydrogen (secondary N) is 1. The molecular weight excluding hydrogens is 210 g/mol. The average molecular weight is 225 g/mol. The van der Waals surface area contributed by atoms with Crippen molar-refractivity contribution in [3.8, 4) is 12.3 Å². The summed E-state index contributed by atoms with van der Waals surface area (Å²) in [4.78, 5) is 22.5. The van der Waals surface area contributed by atoms with Crippen LogP contribution in [-0.2, 0) is 14.3 Å². The molecule has 0 aromatic heterocycles. The van der Waals surface area contributed by atoms with Crippen LogP contribution in [0, 0.1) is 12.3 Å². The second kappa shape index (κ2) is 8.36. The Morgan fingerprint density at radius 2 is 2.25 bits per heavy atom. The van der Waals surface area contributed by atoms with Gasteiger partial charge in [0.1, 0.15) is 6.04 Å². The van der Waals surface area contributed by atoms with E-state index in [2.05, 4.69) is 22.6 Å². The molecular formula is C11H15NO4. The third-order valence-electron chi connectivity index (χ3n) is 1.55. The van der Waals surface area contributed by atoms with Crippen LogP contribution in [0.25, 0.3) is 0 Å². The zero-order chi connectivity index (χ0) is 12.4. The summed E-state index contributed by atoms with van der Waals surface area (Å²) in [5, 5.41) is 2.33. The minimum absolute atomic E-state index is 0.143. The van der Waals surface area contributed by atoms with Gasteiger partial charge in [0, 0.05) is 0 Å². The molecule has 5 heteroatoms. The molecule has 1 amide bonds. The Bertz CT molecular complexity index is 293. The van der Waals surface area contributed by atoms with E-state index in [0.717, 1.165) is 0 Å². The van der Waals surface area contributed by atoms with Crippen LogP contribution in [0.5, 0.6) is 0 Å². The molecule has 0 bridgehead atoms. The number of amides is 1. The fourth-order valence-corrected chi connectivity index (χ4v) is 0.915. The first-order chi connectivity index (χ1) is 7.65. The molecule has 0 aliphatic carbocycles. The van der Waals surface area contributed by atoms with Crippen molar-refractivity contribution >= 4 is 12.1 Å². The average Bonchev–Trinajstić information content (AvgIpc) is 2.26. The van der Waals surface area contributed by atoms with Gasteiger partial charge in [-0.2, -0.15) is 0 Å². The van der Waals surface area contributed by atoms with E-state index in [1.54, 1.807) is 6.92 Å². The molecule has 0 radical (unpaired) electrons. The van der Waals surface area contributed by atoms with E-state index in [0.29, 0.717) is 0 Å². The molecule has 16 heavy (non-hydrogen) atoms. The largest absolute Gasteiger partial charge is 0.464 e. The Balaban J connectivity index is 4.21. The van der Waals surface area contributed by atoms with Crippen LogP contribution in [0.2, 0.25) is 0 Å². The van der Waals surface area contributed by atoms with Crippen molar-refractivity contribution in [2.45, 2.75) is 19.4 Å². The van der Waals surface area contributed by atoms with Gasteiger partial charge in [-0.3, -0.25) is 0 Å². The topological polar surface area (TPSA) is 64.6 Å². The van der Waals surface area contributed by atoms with Crippen molar-refractivity contribution in [2.75, 3.05) is 13.2 Å². The Labute approximate surface area is 94.8 Å². The van der Waals surface area contributed by atoms with Gasteiger partial charge in [0.25, 0.3) is 0 Å². The molecule has 0 saturated carbocycles. The van der Waals surface area contributed by atoms with E-state index in [4.69, 9.17) is 11.2 Å². The molecule has 0 fully saturated rings. The predicted molar refractivity (Wildman–Crippen MR) is 58.6 cm³/mol. The summed E-state index contributed by atoms with van der Waals surface area (Å²) in [6.07, 6.45) is 5.93. The molecule has 0 aliphatic heterocycles. The van der Waals surface area contributed by atoms with Crippen LogP contribution < -0.4 is 5.32 Å². The summed E-state index contributed by atoms with van der Waals surface area (Å²) in [5.41, 5.74) is 0. The smallest absolute Gasteiger partial charge is 0.408 e. The lowest BCUT2D eigenvalue weighted by Gasteiger charge is -2.14. The lowest BCUT2D eigenvalue weighted by Crippen LogP contribution is -2.41. The van der Waals surface area contributed by atoms with E-state index in [1.165, 1.54) is 6.08 Å². The van der Waals surface area contributed by atoms with Crippen LogP contribution in [-0.4, -0.2) is 31.3 Å². The van der Waals surface area contributed by atoms with Crippen LogP contribution in [0.15, 0.2) is 12.7 Å². The maximum absolute atomic E-state index is 11.4. The zero-order valence-corrected chi connectivity index (χ0v) is 9.19. The number of esters is 1. The summed E-state index contributed by atoms with van der Waals surface area (Å²) in [7, 11) is 0.